The molecular formula is C29H40N4O4. The minimum Gasteiger partial charge on any atom is -0.464 e. The summed E-state index contributed by atoms with van der Waals surface area (Å²) in [7, 11) is 1.25. The van der Waals surface area contributed by atoms with Crippen LogP contribution in [0, 0.1) is 19.8 Å². The van der Waals surface area contributed by atoms with Crippen molar-refractivity contribution in [1.29, 1.82) is 0 Å². The van der Waals surface area contributed by atoms with E-state index in [-0.39, 0.29) is 29.0 Å². The van der Waals surface area contributed by atoms with Gasteiger partial charge in [-0.15, -0.1) is 0 Å². The molecule has 0 fully saturated rings. The van der Waals surface area contributed by atoms with E-state index in [1.165, 1.54) is 22.8 Å². The molecule has 1 aliphatic rings. The number of nitrogens with one attached hydrogen (secondary N) is 1. The smallest absolute Gasteiger partial charge is 0.358 e. The van der Waals surface area contributed by atoms with Gasteiger partial charge >= 0.3 is 5.97 Å². The van der Waals surface area contributed by atoms with Crippen LogP contribution in [0.2, 0.25) is 0 Å². The lowest BCUT2D eigenvalue weighted by Gasteiger charge is -2.45. The molecule has 1 aromatic carbocycles. The highest BCUT2D eigenvalue weighted by atomic mass is 16.5. The number of rotatable bonds is 10. The second-order valence-electron chi connectivity index (χ2n) is 10.6. The number of aromatic nitrogens is 2. The minimum atomic E-state index is -1.48. The van der Waals surface area contributed by atoms with Crippen LogP contribution in [0.25, 0.3) is 5.70 Å². The third-order valence-electron chi connectivity index (χ3n) is 7.15. The summed E-state index contributed by atoms with van der Waals surface area (Å²) in [6, 6.07) is 7.15. The molecule has 8 nitrogen and oxygen atoms in total. The zero-order valence-corrected chi connectivity index (χ0v) is 23.2. The molecule has 0 spiro atoms. The monoisotopic (exact) mass is 508 g/mol. The highest BCUT2D eigenvalue weighted by Crippen LogP contribution is 2.40. The number of amides is 2. The molecule has 0 saturated heterocycles. The normalized spacial score (nSPS) is 18.1. The van der Waals surface area contributed by atoms with Crippen LogP contribution >= 0.6 is 0 Å². The van der Waals surface area contributed by atoms with E-state index in [2.05, 4.69) is 37.8 Å². The largest absolute Gasteiger partial charge is 0.464 e. The Hall–Kier alpha value is -3.42. The maximum absolute atomic E-state index is 14.1. The number of hydrogen-bond acceptors (Lipinski definition) is 5. The van der Waals surface area contributed by atoms with E-state index in [9.17, 15) is 14.4 Å². The van der Waals surface area contributed by atoms with Gasteiger partial charge in [-0.3, -0.25) is 14.5 Å². The first kappa shape index (κ1) is 28.2. The third kappa shape index (κ3) is 5.48. The van der Waals surface area contributed by atoms with Crippen molar-refractivity contribution >= 4 is 29.2 Å². The molecule has 1 N–H and O–H groups in total. The van der Waals surface area contributed by atoms with Gasteiger partial charge in [-0.25, -0.2) is 9.48 Å². The highest BCUT2D eigenvalue weighted by Gasteiger charge is 2.52. The first-order valence-electron chi connectivity index (χ1n) is 13.1. The zero-order valence-electron chi connectivity index (χ0n) is 23.2. The van der Waals surface area contributed by atoms with E-state index in [1.54, 1.807) is 6.92 Å². The van der Waals surface area contributed by atoms with E-state index >= 15 is 0 Å². The number of fused-ring (bicyclic) bond motifs is 1. The summed E-state index contributed by atoms with van der Waals surface area (Å²) in [5.41, 5.74) is 1.35. The van der Waals surface area contributed by atoms with Gasteiger partial charge in [0, 0.05) is 17.8 Å². The van der Waals surface area contributed by atoms with Crippen molar-refractivity contribution in [3.05, 3.63) is 53.4 Å². The van der Waals surface area contributed by atoms with Gasteiger partial charge < -0.3 is 10.1 Å². The molecular weight excluding hydrogens is 468 g/mol. The van der Waals surface area contributed by atoms with Crippen molar-refractivity contribution in [2.45, 2.75) is 85.2 Å². The summed E-state index contributed by atoms with van der Waals surface area (Å²) in [6.45, 7) is 16.2. The van der Waals surface area contributed by atoms with Crippen molar-refractivity contribution in [2.24, 2.45) is 5.92 Å². The fourth-order valence-electron chi connectivity index (χ4n) is 4.88. The fourth-order valence-corrected chi connectivity index (χ4v) is 4.88. The summed E-state index contributed by atoms with van der Waals surface area (Å²) in [4.78, 5) is 41.9. The Morgan fingerprint density at radius 1 is 1.16 bits per heavy atom. The number of carbonyl (C=O) groups is 3. The third-order valence-corrected chi connectivity index (χ3v) is 7.15. The molecule has 0 saturated carbocycles. The molecule has 2 unspecified atom stereocenters. The van der Waals surface area contributed by atoms with Gasteiger partial charge in [-0.2, -0.15) is 5.10 Å². The Labute approximate surface area is 220 Å². The van der Waals surface area contributed by atoms with E-state index in [0.717, 1.165) is 43.2 Å². The lowest BCUT2D eigenvalue weighted by atomic mass is 9.88. The van der Waals surface area contributed by atoms with Crippen LogP contribution in [0.4, 0.5) is 5.69 Å². The predicted molar refractivity (Wildman–Crippen MR) is 146 cm³/mol. The lowest BCUT2D eigenvalue weighted by molar-refractivity contribution is -0.125. The average Bonchev–Trinajstić information content (AvgIpc) is 3.30. The second-order valence-corrected chi connectivity index (χ2v) is 10.6. The number of esters is 1. The second kappa shape index (κ2) is 11.3. The number of benzene rings is 1. The van der Waals surface area contributed by atoms with Crippen LogP contribution in [0.3, 0.4) is 0 Å². The van der Waals surface area contributed by atoms with Gasteiger partial charge in [0.1, 0.15) is 5.69 Å². The van der Waals surface area contributed by atoms with Crippen molar-refractivity contribution in [3.63, 3.8) is 0 Å². The van der Waals surface area contributed by atoms with Gasteiger partial charge in [0.25, 0.3) is 11.8 Å². The molecule has 1 aromatic heterocycles. The lowest BCUT2D eigenvalue weighted by Crippen LogP contribution is -2.64. The van der Waals surface area contributed by atoms with Crippen molar-refractivity contribution in [2.75, 3.05) is 12.0 Å². The van der Waals surface area contributed by atoms with Crippen LogP contribution < -0.4 is 10.2 Å². The molecule has 0 radical (unpaired) electrons. The molecule has 1 aliphatic heterocycles. The molecule has 0 bridgehead atoms. The highest BCUT2D eigenvalue weighted by molar-refractivity contribution is 6.18. The van der Waals surface area contributed by atoms with E-state index in [1.807, 2.05) is 32.0 Å². The zero-order chi connectivity index (χ0) is 27.5. The Balaban J connectivity index is 2.11. The number of hydrogen-bond donors (Lipinski definition) is 1. The predicted octanol–water partition coefficient (Wildman–Crippen LogP) is 5.29. The molecule has 2 aromatic rings. The summed E-state index contributed by atoms with van der Waals surface area (Å²) >= 11 is 0. The molecule has 2 atom stereocenters. The summed E-state index contributed by atoms with van der Waals surface area (Å²) in [6.07, 6.45) is 4.71. The number of aryl methyl sites for hydroxylation is 2. The number of anilines is 1. The summed E-state index contributed by atoms with van der Waals surface area (Å²) in [5, 5.41) is 7.53. The maximum Gasteiger partial charge on any atom is 0.358 e. The summed E-state index contributed by atoms with van der Waals surface area (Å²) < 4.78 is 6.12. The van der Waals surface area contributed by atoms with Crippen LogP contribution in [0.5, 0.6) is 0 Å². The van der Waals surface area contributed by atoms with Gasteiger partial charge in [0.2, 0.25) is 0 Å². The molecule has 2 amide bonds. The van der Waals surface area contributed by atoms with Crippen LogP contribution in [-0.2, 0) is 9.53 Å². The number of carbonyl (C=O) groups excluding carboxylic acids is 3. The average molecular weight is 509 g/mol. The van der Waals surface area contributed by atoms with Crippen molar-refractivity contribution in [1.82, 2.24) is 15.1 Å². The van der Waals surface area contributed by atoms with Crippen LogP contribution in [-0.4, -0.2) is 46.3 Å². The van der Waals surface area contributed by atoms with Crippen LogP contribution in [0.1, 0.15) is 91.9 Å². The Bertz CT molecular complexity index is 1200. The molecule has 37 heavy (non-hydrogen) atoms. The van der Waals surface area contributed by atoms with Gasteiger partial charge in [0.15, 0.2) is 11.2 Å². The van der Waals surface area contributed by atoms with Gasteiger partial charge in [-0.05, 0) is 56.7 Å². The molecule has 2 heterocycles. The number of ether oxygens (including phenoxy) is 1. The van der Waals surface area contributed by atoms with Crippen LogP contribution in [0.15, 0.2) is 30.8 Å². The van der Waals surface area contributed by atoms with Crippen molar-refractivity contribution in [3.8, 4) is 0 Å². The molecule has 8 heteroatoms. The number of nitrogens with zero attached hydrogens (tertiary/aromatic N) is 3. The van der Waals surface area contributed by atoms with Crippen molar-refractivity contribution < 1.29 is 19.1 Å². The maximum atomic E-state index is 14.1. The first-order chi connectivity index (χ1) is 17.4. The quantitative estimate of drug-likeness (QED) is 0.440. The standard InChI is InChI=1S/C29H40N4O4/c1-9-11-22(13-10-12-18(2)3)30-28(36)29(7)21(6)33-25(17-23(31-33)27(35)37-8)26(34)32(29)24-16-19(4)14-15-20(24)5/h14-18,22H,6,9-13H2,1-5,7-8H3,(H,30,36). The summed E-state index contributed by atoms with van der Waals surface area (Å²) in [5.74, 6) is -0.836. The van der Waals surface area contributed by atoms with Gasteiger partial charge in [0.05, 0.1) is 12.8 Å². The fraction of sp³-hybridized carbons (Fsp3) is 0.517. The molecule has 0 aliphatic carbocycles. The van der Waals surface area contributed by atoms with E-state index in [4.69, 9.17) is 4.74 Å². The Kier molecular flexibility index (Phi) is 8.61. The molecule has 3 rings (SSSR count). The Morgan fingerprint density at radius 3 is 2.49 bits per heavy atom. The Morgan fingerprint density at radius 2 is 1.86 bits per heavy atom. The van der Waals surface area contributed by atoms with Gasteiger partial charge in [-0.1, -0.05) is 58.7 Å². The number of methoxy groups -OCH3 is 1. The van der Waals surface area contributed by atoms with E-state index < -0.39 is 17.4 Å². The SMILES string of the molecule is C=C1n2nc(C(=O)OC)cc2C(=O)N(c2cc(C)ccc2C)C1(C)C(=O)NC(CCC)CCCC(C)C. The minimum absolute atomic E-state index is 0.0184. The first-order valence-corrected chi connectivity index (χ1v) is 13.1. The molecule has 200 valence electrons. The topological polar surface area (TPSA) is 93.5 Å². The van der Waals surface area contributed by atoms with E-state index in [0.29, 0.717) is 11.6 Å².